The van der Waals surface area contributed by atoms with Crippen molar-refractivity contribution in [2.75, 3.05) is 0 Å². The molecular formula is C14H11N2O2S+. The second-order valence-corrected chi connectivity index (χ2v) is 4.86. The van der Waals surface area contributed by atoms with Crippen LogP contribution in [0.15, 0.2) is 54.3 Å². The summed E-state index contributed by atoms with van der Waals surface area (Å²) in [7, 11) is 0. The molecule has 1 aromatic carbocycles. The summed E-state index contributed by atoms with van der Waals surface area (Å²) in [6.07, 6.45) is 3.32. The highest BCUT2D eigenvalue weighted by atomic mass is 32.1. The van der Waals surface area contributed by atoms with Crippen LogP contribution in [0.5, 0.6) is 0 Å². The van der Waals surface area contributed by atoms with E-state index in [9.17, 15) is 4.79 Å². The molecule has 0 saturated heterocycles. The fourth-order valence-corrected chi connectivity index (χ4v) is 2.58. The average Bonchev–Trinajstić information content (AvgIpc) is 2.90. The first-order chi connectivity index (χ1) is 9.34. The number of rotatable bonds is 3. The maximum absolute atomic E-state index is 12.0. The SMILES string of the molecule is O=C(OCc1ccccc1)c1csc2ccnc[n+]12. The Morgan fingerprint density at radius 3 is 2.95 bits per heavy atom. The molecular weight excluding hydrogens is 260 g/mol. The van der Waals surface area contributed by atoms with Crippen LogP contribution in [0.25, 0.3) is 4.83 Å². The molecule has 3 rings (SSSR count). The number of aromatic nitrogens is 2. The molecule has 0 amide bonds. The number of thiazole rings is 1. The van der Waals surface area contributed by atoms with Gasteiger partial charge >= 0.3 is 5.97 Å². The van der Waals surface area contributed by atoms with Gasteiger partial charge in [0, 0.05) is 11.4 Å². The van der Waals surface area contributed by atoms with Crippen LogP contribution in [0.2, 0.25) is 0 Å². The summed E-state index contributed by atoms with van der Waals surface area (Å²) >= 11 is 1.49. The van der Waals surface area contributed by atoms with Crippen molar-refractivity contribution in [1.29, 1.82) is 0 Å². The lowest BCUT2D eigenvalue weighted by atomic mass is 10.2. The summed E-state index contributed by atoms with van der Waals surface area (Å²) in [5.74, 6) is -0.340. The van der Waals surface area contributed by atoms with E-state index >= 15 is 0 Å². The number of nitrogens with zero attached hydrogens (tertiary/aromatic N) is 2. The molecule has 3 aromatic rings. The van der Waals surface area contributed by atoms with Crippen molar-refractivity contribution in [2.45, 2.75) is 6.61 Å². The molecule has 0 aliphatic rings. The Morgan fingerprint density at radius 2 is 2.11 bits per heavy atom. The number of hydrogen-bond acceptors (Lipinski definition) is 4. The summed E-state index contributed by atoms with van der Waals surface area (Å²) in [6.45, 7) is 0.276. The average molecular weight is 271 g/mol. The molecule has 0 spiro atoms. The molecule has 0 radical (unpaired) electrons. The van der Waals surface area contributed by atoms with Crippen LogP contribution in [0.1, 0.15) is 16.1 Å². The van der Waals surface area contributed by atoms with Gasteiger partial charge in [0.05, 0.1) is 0 Å². The van der Waals surface area contributed by atoms with Crippen LogP contribution in [-0.4, -0.2) is 11.0 Å². The van der Waals surface area contributed by atoms with Gasteiger partial charge in [-0.05, 0) is 5.56 Å². The fourth-order valence-electron chi connectivity index (χ4n) is 1.74. The van der Waals surface area contributed by atoms with Crippen LogP contribution in [-0.2, 0) is 11.3 Å². The van der Waals surface area contributed by atoms with Crippen LogP contribution in [0, 0.1) is 0 Å². The van der Waals surface area contributed by atoms with Crippen LogP contribution in [0.3, 0.4) is 0 Å². The van der Waals surface area contributed by atoms with E-state index in [0.717, 1.165) is 10.4 Å². The van der Waals surface area contributed by atoms with Crippen molar-refractivity contribution in [2.24, 2.45) is 0 Å². The maximum Gasteiger partial charge on any atom is 0.380 e. The van der Waals surface area contributed by atoms with Gasteiger partial charge in [-0.2, -0.15) is 4.40 Å². The minimum atomic E-state index is -0.340. The first-order valence-electron chi connectivity index (χ1n) is 5.78. The summed E-state index contributed by atoms with van der Waals surface area (Å²) in [5.41, 5.74) is 1.47. The van der Waals surface area contributed by atoms with E-state index in [1.54, 1.807) is 22.3 Å². The lowest BCUT2D eigenvalue weighted by Gasteiger charge is -2.02. The lowest BCUT2D eigenvalue weighted by Crippen LogP contribution is -2.28. The number of carbonyl (C=O) groups is 1. The van der Waals surface area contributed by atoms with Gasteiger partial charge in [0.15, 0.2) is 4.83 Å². The molecule has 19 heavy (non-hydrogen) atoms. The summed E-state index contributed by atoms with van der Waals surface area (Å²) < 4.78 is 7.03. The zero-order valence-electron chi connectivity index (χ0n) is 10.0. The van der Waals surface area contributed by atoms with Gasteiger partial charge in [-0.3, -0.25) is 0 Å². The van der Waals surface area contributed by atoms with Crippen LogP contribution in [0.4, 0.5) is 0 Å². The van der Waals surface area contributed by atoms with Crippen LogP contribution < -0.4 is 4.40 Å². The van der Waals surface area contributed by atoms with Crippen molar-refractivity contribution >= 4 is 22.1 Å². The minimum absolute atomic E-state index is 0.276. The third-order valence-electron chi connectivity index (χ3n) is 2.70. The predicted octanol–water partition coefficient (Wildman–Crippen LogP) is 2.24. The van der Waals surface area contributed by atoms with Gasteiger partial charge in [-0.25, -0.2) is 4.79 Å². The number of fused-ring (bicyclic) bond motifs is 1. The predicted molar refractivity (Wildman–Crippen MR) is 70.8 cm³/mol. The van der Waals surface area contributed by atoms with Crippen LogP contribution >= 0.6 is 11.3 Å². The van der Waals surface area contributed by atoms with Gasteiger partial charge in [0.2, 0.25) is 5.69 Å². The Kier molecular flexibility index (Phi) is 3.20. The molecule has 0 atom stereocenters. The monoisotopic (exact) mass is 271 g/mol. The van der Waals surface area contributed by atoms with E-state index in [-0.39, 0.29) is 12.6 Å². The molecule has 4 nitrogen and oxygen atoms in total. The second kappa shape index (κ2) is 5.16. The van der Waals surface area contributed by atoms with E-state index < -0.39 is 0 Å². The number of esters is 1. The first kappa shape index (κ1) is 11.8. The number of carbonyl (C=O) groups excluding carboxylic acids is 1. The normalized spacial score (nSPS) is 10.5. The third kappa shape index (κ3) is 2.46. The molecule has 94 valence electrons. The van der Waals surface area contributed by atoms with Crippen molar-refractivity contribution in [3.05, 3.63) is 65.6 Å². The quantitative estimate of drug-likeness (QED) is 0.542. The third-order valence-corrected chi connectivity index (χ3v) is 3.61. The summed E-state index contributed by atoms with van der Waals surface area (Å²) in [5, 5.41) is 1.78. The van der Waals surface area contributed by atoms with E-state index in [2.05, 4.69) is 4.98 Å². The van der Waals surface area contributed by atoms with Gasteiger partial charge in [0.25, 0.3) is 6.33 Å². The Labute approximate surface area is 113 Å². The highest BCUT2D eigenvalue weighted by molar-refractivity contribution is 7.15. The molecule has 0 bridgehead atoms. The van der Waals surface area contributed by atoms with Crippen molar-refractivity contribution < 1.29 is 13.9 Å². The zero-order valence-corrected chi connectivity index (χ0v) is 10.8. The highest BCUT2D eigenvalue weighted by Crippen LogP contribution is 2.10. The Bertz CT molecular complexity index is 710. The van der Waals surface area contributed by atoms with E-state index in [0.29, 0.717) is 5.69 Å². The van der Waals surface area contributed by atoms with Crippen molar-refractivity contribution in [3.63, 3.8) is 0 Å². The standard InChI is InChI=1S/C14H11N2O2S/c17-14(18-8-11-4-2-1-3-5-11)12-9-19-13-6-7-15-10-16(12)13/h1-7,9-10H,8H2/q+1. The van der Waals surface area contributed by atoms with Gasteiger partial charge in [-0.1, -0.05) is 46.7 Å². The fraction of sp³-hybridized carbons (Fsp3) is 0.0714. The highest BCUT2D eigenvalue weighted by Gasteiger charge is 2.18. The molecule has 5 heteroatoms. The number of hydrogen-bond donors (Lipinski definition) is 0. The lowest BCUT2D eigenvalue weighted by molar-refractivity contribution is -0.515. The summed E-state index contributed by atoms with van der Waals surface area (Å²) in [6, 6.07) is 11.5. The second-order valence-electron chi connectivity index (χ2n) is 3.97. The van der Waals surface area contributed by atoms with Gasteiger partial charge in [0.1, 0.15) is 12.8 Å². The summed E-state index contributed by atoms with van der Waals surface area (Å²) in [4.78, 5) is 17.0. The number of benzene rings is 1. The van der Waals surface area contributed by atoms with Crippen molar-refractivity contribution in [1.82, 2.24) is 4.98 Å². The molecule has 0 aliphatic carbocycles. The smallest absolute Gasteiger partial charge is 0.380 e. The molecule has 0 fully saturated rings. The molecule has 0 N–H and O–H groups in total. The number of ether oxygens (including phenoxy) is 1. The first-order valence-corrected chi connectivity index (χ1v) is 6.66. The molecule has 0 aliphatic heterocycles. The minimum Gasteiger partial charge on any atom is -0.455 e. The van der Waals surface area contributed by atoms with E-state index in [1.165, 1.54) is 11.3 Å². The molecule has 0 saturated carbocycles. The van der Waals surface area contributed by atoms with E-state index in [1.807, 2.05) is 36.4 Å². The molecule has 2 heterocycles. The largest absolute Gasteiger partial charge is 0.455 e. The Hall–Kier alpha value is -2.27. The van der Waals surface area contributed by atoms with Gasteiger partial charge in [-0.15, -0.1) is 0 Å². The van der Waals surface area contributed by atoms with Crippen molar-refractivity contribution in [3.8, 4) is 0 Å². The topological polar surface area (TPSA) is 43.3 Å². The van der Waals surface area contributed by atoms with E-state index in [4.69, 9.17) is 4.74 Å². The zero-order chi connectivity index (χ0) is 13.1. The Morgan fingerprint density at radius 1 is 1.26 bits per heavy atom. The Balaban J connectivity index is 1.77. The molecule has 0 unspecified atom stereocenters. The molecule has 2 aromatic heterocycles. The maximum atomic E-state index is 12.0. The van der Waals surface area contributed by atoms with Gasteiger partial charge < -0.3 is 4.74 Å².